The van der Waals surface area contributed by atoms with Crippen LogP contribution in [0.1, 0.15) is 74.9 Å². The largest absolute Gasteiger partial charge is 0.309 e. The molecule has 0 saturated heterocycles. The second kappa shape index (κ2) is 8.91. The number of aromatic amines is 1. The van der Waals surface area contributed by atoms with Gasteiger partial charge in [-0.2, -0.15) is 0 Å². The predicted octanol–water partition coefficient (Wildman–Crippen LogP) is 5.46. The second-order valence-electron chi connectivity index (χ2n) is 8.63. The Morgan fingerprint density at radius 2 is 1.76 bits per heavy atom. The molecule has 1 heterocycles. The summed E-state index contributed by atoms with van der Waals surface area (Å²) in [7, 11) is 0. The third kappa shape index (κ3) is 4.59. The average molecular weight is 390 g/mol. The number of rotatable bonds is 6. The number of aromatic nitrogens is 2. The standard InChI is InChI=1S/C25H31N3O/c1-17(2)24(20-14-12-19(13-15-20)18-8-4-3-5-9-18)26-16-23-27-22-11-7-6-10-21(22)25(29)28-23/h6-7,10-15,17-18,24,26H,3-5,8-9,16H2,1-2H3,(H,27,28,29)/t24-/m0/s1. The highest BCUT2D eigenvalue weighted by atomic mass is 16.1. The fourth-order valence-electron chi connectivity index (χ4n) is 4.58. The van der Waals surface area contributed by atoms with Crippen LogP contribution in [0.3, 0.4) is 0 Å². The van der Waals surface area contributed by atoms with E-state index >= 15 is 0 Å². The first kappa shape index (κ1) is 19.8. The molecule has 1 aliphatic rings. The minimum Gasteiger partial charge on any atom is -0.309 e. The monoisotopic (exact) mass is 389 g/mol. The summed E-state index contributed by atoms with van der Waals surface area (Å²) in [6.45, 7) is 4.99. The van der Waals surface area contributed by atoms with Gasteiger partial charge < -0.3 is 10.3 Å². The summed E-state index contributed by atoms with van der Waals surface area (Å²) in [6.07, 6.45) is 6.76. The van der Waals surface area contributed by atoms with Gasteiger partial charge in [0, 0.05) is 6.04 Å². The molecule has 2 N–H and O–H groups in total. The summed E-state index contributed by atoms with van der Waals surface area (Å²) in [5.74, 6) is 1.84. The minimum atomic E-state index is -0.0784. The zero-order chi connectivity index (χ0) is 20.2. The Labute approximate surface area is 172 Å². The lowest BCUT2D eigenvalue weighted by molar-refractivity contribution is 0.405. The SMILES string of the molecule is CC(C)[C@H](NCc1nc2ccccc2c(=O)[nH]1)c1ccc(C2CCCCC2)cc1. The first-order valence-electron chi connectivity index (χ1n) is 10.9. The van der Waals surface area contributed by atoms with Crippen molar-refractivity contribution < 1.29 is 0 Å². The van der Waals surface area contributed by atoms with Crippen LogP contribution in [0.25, 0.3) is 10.9 Å². The van der Waals surface area contributed by atoms with E-state index in [2.05, 4.69) is 53.4 Å². The van der Waals surface area contributed by atoms with Crippen molar-refractivity contribution in [3.05, 3.63) is 75.8 Å². The van der Waals surface area contributed by atoms with E-state index in [0.717, 1.165) is 11.4 Å². The van der Waals surface area contributed by atoms with E-state index in [1.54, 1.807) is 0 Å². The highest BCUT2D eigenvalue weighted by molar-refractivity contribution is 5.77. The van der Waals surface area contributed by atoms with Gasteiger partial charge >= 0.3 is 0 Å². The van der Waals surface area contributed by atoms with Crippen LogP contribution in [0.15, 0.2) is 53.3 Å². The minimum absolute atomic E-state index is 0.0784. The fraction of sp³-hybridized carbons (Fsp3) is 0.440. The van der Waals surface area contributed by atoms with Gasteiger partial charge in [0.05, 0.1) is 17.4 Å². The third-order valence-electron chi connectivity index (χ3n) is 6.19. The van der Waals surface area contributed by atoms with E-state index in [9.17, 15) is 4.79 Å². The van der Waals surface area contributed by atoms with Crippen molar-refractivity contribution in [2.24, 2.45) is 5.92 Å². The maximum atomic E-state index is 12.3. The molecule has 4 heteroatoms. The van der Waals surface area contributed by atoms with Gasteiger partial charge in [-0.15, -0.1) is 0 Å². The zero-order valence-electron chi connectivity index (χ0n) is 17.4. The Bertz CT molecular complexity index is 1000. The number of benzene rings is 2. The van der Waals surface area contributed by atoms with Crippen LogP contribution in [0, 0.1) is 5.92 Å². The molecule has 0 radical (unpaired) electrons. The summed E-state index contributed by atoms with van der Waals surface area (Å²) < 4.78 is 0. The molecule has 3 aromatic rings. The van der Waals surface area contributed by atoms with Gasteiger partial charge in [-0.3, -0.25) is 4.79 Å². The maximum absolute atomic E-state index is 12.3. The molecule has 1 aliphatic carbocycles. The predicted molar refractivity (Wildman–Crippen MR) is 119 cm³/mol. The smallest absolute Gasteiger partial charge is 0.258 e. The molecule has 1 aromatic heterocycles. The first-order valence-corrected chi connectivity index (χ1v) is 10.9. The average Bonchev–Trinajstić information content (AvgIpc) is 2.75. The molecule has 0 spiro atoms. The molecule has 1 saturated carbocycles. The van der Waals surface area contributed by atoms with E-state index < -0.39 is 0 Å². The molecular formula is C25H31N3O. The molecular weight excluding hydrogens is 358 g/mol. The number of hydrogen-bond acceptors (Lipinski definition) is 3. The number of fused-ring (bicyclic) bond motifs is 1. The van der Waals surface area contributed by atoms with Crippen molar-refractivity contribution >= 4 is 10.9 Å². The van der Waals surface area contributed by atoms with Gasteiger partial charge in [0.25, 0.3) is 5.56 Å². The topological polar surface area (TPSA) is 57.8 Å². The summed E-state index contributed by atoms with van der Waals surface area (Å²) in [5, 5.41) is 4.24. The fourth-order valence-corrected chi connectivity index (χ4v) is 4.58. The van der Waals surface area contributed by atoms with Crippen LogP contribution >= 0.6 is 0 Å². The lowest BCUT2D eigenvalue weighted by Crippen LogP contribution is -2.27. The zero-order valence-corrected chi connectivity index (χ0v) is 17.4. The molecule has 2 aromatic carbocycles. The lowest BCUT2D eigenvalue weighted by Gasteiger charge is -2.25. The Morgan fingerprint density at radius 1 is 1.03 bits per heavy atom. The van der Waals surface area contributed by atoms with Gasteiger partial charge in [-0.25, -0.2) is 4.98 Å². The molecule has 1 fully saturated rings. The van der Waals surface area contributed by atoms with Gasteiger partial charge in [-0.1, -0.05) is 69.5 Å². The van der Waals surface area contributed by atoms with Crippen LogP contribution < -0.4 is 10.9 Å². The van der Waals surface area contributed by atoms with Crippen LogP contribution in [0.4, 0.5) is 0 Å². The van der Waals surface area contributed by atoms with Crippen LogP contribution in [0.2, 0.25) is 0 Å². The normalized spacial score (nSPS) is 16.4. The number of para-hydroxylation sites is 1. The molecule has 1 atom stereocenters. The number of H-pyrrole nitrogens is 1. The molecule has 0 unspecified atom stereocenters. The number of hydrogen-bond donors (Lipinski definition) is 2. The Kier molecular flexibility index (Phi) is 6.10. The molecule has 152 valence electrons. The van der Waals surface area contributed by atoms with Crippen molar-refractivity contribution in [1.29, 1.82) is 0 Å². The van der Waals surface area contributed by atoms with Gasteiger partial charge in [0.1, 0.15) is 5.82 Å². The summed E-state index contributed by atoms with van der Waals surface area (Å²) >= 11 is 0. The Morgan fingerprint density at radius 3 is 2.48 bits per heavy atom. The van der Waals surface area contributed by atoms with Crippen LogP contribution in [0.5, 0.6) is 0 Å². The third-order valence-corrected chi connectivity index (χ3v) is 6.19. The van der Waals surface area contributed by atoms with E-state index in [4.69, 9.17) is 0 Å². The maximum Gasteiger partial charge on any atom is 0.258 e. The van der Waals surface area contributed by atoms with Gasteiger partial charge in [0.15, 0.2) is 0 Å². The van der Waals surface area contributed by atoms with Crippen LogP contribution in [-0.2, 0) is 6.54 Å². The highest BCUT2D eigenvalue weighted by Gasteiger charge is 2.19. The highest BCUT2D eigenvalue weighted by Crippen LogP contribution is 2.33. The van der Waals surface area contributed by atoms with Crippen molar-refractivity contribution in [3.63, 3.8) is 0 Å². The van der Waals surface area contributed by atoms with E-state index in [1.807, 2.05) is 24.3 Å². The first-order chi connectivity index (χ1) is 14.1. The summed E-state index contributed by atoms with van der Waals surface area (Å²) in [6, 6.07) is 16.9. The number of nitrogens with one attached hydrogen (secondary N) is 2. The summed E-state index contributed by atoms with van der Waals surface area (Å²) in [4.78, 5) is 19.8. The lowest BCUT2D eigenvalue weighted by atomic mass is 9.83. The van der Waals surface area contributed by atoms with E-state index in [-0.39, 0.29) is 11.6 Å². The van der Waals surface area contributed by atoms with Gasteiger partial charge in [0.2, 0.25) is 0 Å². The van der Waals surface area contributed by atoms with Crippen molar-refractivity contribution in [3.8, 4) is 0 Å². The van der Waals surface area contributed by atoms with E-state index in [1.165, 1.54) is 43.2 Å². The quantitative estimate of drug-likeness (QED) is 0.589. The Hall–Kier alpha value is -2.46. The molecule has 29 heavy (non-hydrogen) atoms. The second-order valence-corrected chi connectivity index (χ2v) is 8.63. The van der Waals surface area contributed by atoms with Gasteiger partial charge in [-0.05, 0) is 47.9 Å². The molecule has 0 aliphatic heterocycles. The van der Waals surface area contributed by atoms with E-state index in [0.29, 0.717) is 23.7 Å². The van der Waals surface area contributed by atoms with Crippen LogP contribution in [-0.4, -0.2) is 9.97 Å². The molecule has 4 nitrogen and oxygen atoms in total. The molecule has 0 bridgehead atoms. The molecule has 0 amide bonds. The summed E-state index contributed by atoms with van der Waals surface area (Å²) in [5.41, 5.74) is 3.44. The number of nitrogens with zero attached hydrogens (tertiary/aromatic N) is 1. The van der Waals surface area contributed by atoms with Crippen molar-refractivity contribution in [2.45, 2.75) is 64.5 Å². The Balaban J connectivity index is 1.49. The van der Waals surface area contributed by atoms with Crippen molar-refractivity contribution in [2.75, 3.05) is 0 Å². The van der Waals surface area contributed by atoms with Crippen molar-refractivity contribution in [1.82, 2.24) is 15.3 Å². The molecule has 4 rings (SSSR count).